The van der Waals surface area contributed by atoms with Crippen molar-refractivity contribution in [3.8, 4) is 5.75 Å². The van der Waals surface area contributed by atoms with Gasteiger partial charge in [0.15, 0.2) is 18.3 Å². The third-order valence-corrected chi connectivity index (χ3v) is 10.9. The van der Waals surface area contributed by atoms with Gasteiger partial charge in [-0.2, -0.15) is 0 Å². The zero-order valence-electron chi connectivity index (χ0n) is 36.9. The molecule has 0 radical (unpaired) electrons. The molecular formula is C47H47ClN4O14. The first-order chi connectivity index (χ1) is 31.3. The van der Waals surface area contributed by atoms with Gasteiger partial charge in [0.25, 0.3) is 11.8 Å². The lowest BCUT2D eigenvalue weighted by atomic mass is 9.95. The number of alkyl halides is 1. The van der Waals surface area contributed by atoms with Crippen molar-refractivity contribution in [3.05, 3.63) is 95.7 Å². The molecule has 0 aliphatic carbocycles. The van der Waals surface area contributed by atoms with E-state index in [1.54, 1.807) is 92.4 Å². The van der Waals surface area contributed by atoms with Gasteiger partial charge in [0.1, 0.15) is 17.0 Å². The normalized spacial score (nSPS) is 20.2. The van der Waals surface area contributed by atoms with Gasteiger partial charge in [0.2, 0.25) is 12.4 Å². The number of halogens is 1. The number of carbonyl (C=O) groups excluding carboxylic acids is 7. The molecule has 2 aliphatic rings. The number of fused-ring (bicyclic) bond motifs is 4. The highest BCUT2D eigenvalue weighted by molar-refractivity contribution is 6.19. The minimum Gasteiger partial charge on any atom is -0.467 e. The lowest BCUT2D eigenvalue weighted by Crippen LogP contribution is -2.64. The van der Waals surface area contributed by atoms with Crippen LogP contribution >= 0.6 is 11.6 Å². The molecule has 6 unspecified atom stereocenters. The Morgan fingerprint density at radius 3 is 2.06 bits per heavy atom. The Kier molecular flexibility index (Phi) is 13.6. The first kappa shape index (κ1) is 46.8. The quantitative estimate of drug-likeness (QED) is 0.0691. The molecule has 1 fully saturated rings. The Balaban J connectivity index is 1.18. The number of carbonyl (C=O) groups is 7. The number of aromatic nitrogens is 1. The minimum atomic E-state index is -1.70. The molecule has 2 aliphatic heterocycles. The number of esters is 4. The number of H-pyrrole nitrogens is 1. The second kappa shape index (κ2) is 19.1. The molecule has 6 atom stereocenters. The van der Waals surface area contributed by atoms with Crippen molar-refractivity contribution in [3.63, 3.8) is 0 Å². The number of ether oxygens (including phenoxy) is 7. The average Bonchev–Trinajstić information content (AvgIpc) is 3.86. The maximum atomic E-state index is 14.6. The van der Waals surface area contributed by atoms with Crippen molar-refractivity contribution in [1.82, 2.24) is 4.98 Å². The maximum Gasteiger partial charge on any atom is 0.412 e. The second-order valence-corrected chi connectivity index (χ2v) is 16.9. The number of nitrogens with zero attached hydrogens (tertiary/aromatic N) is 1. The summed E-state index contributed by atoms with van der Waals surface area (Å²) >= 11 is 6.57. The van der Waals surface area contributed by atoms with Gasteiger partial charge in [-0.15, -0.1) is 11.6 Å². The Labute approximate surface area is 383 Å². The Hall–Kier alpha value is -7.18. The molecule has 0 spiro atoms. The summed E-state index contributed by atoms with van der Waals surface area (Å²) in [5.41, 5.74) is 2.62. The second-order valence-electron chi connectivity index (χ2n) is 16.6. The standard InChI is InChI=1S/C47H47ClN4O14/c1-23(53)61-38-39(62-24(2)54)41(63-25(3)55)45(65-40(38)44(58)60-7)64-36-20-35-37(32-11-9-8-10-31(32)36)28(21-48)22-52(35)43(57)34-19-27-18-30(16-17-33(27)51-34)49-42(56)26-12-14-29(15-13-26)50-46(59)66-47(4,5)6/h8-20,28,38-41,45,51H,21-22H2,1-7H3,(H,49,56)(H,50,59). The Morgan fingerprint density at radius 1 is 0.788 bits per heavy atom. The number of hydrogen-bond donors (Lipinski definition) is 3. The van der Waals surface area contributed by atoms with Crippen molar-refractivity contribution in [2.75, 3.05) is 35.1 Å². The van der Waals surface area contributed by atoms with Crippen LogP contribution in [0.3, 0.4) is 0 Å². The maximum absolute atomic E-state index is 14.6. The molecule has 4 aromatic carbocycles. The van der Waals surface area contributed by atoms with Gasteiger partial charge in [-0.3, -0.25) is 29.3 Å². The fraction of sp³-hybridized carbons (Fsp3) is 0.340. The van der Waals surface area contributed by atoms with Crippen LogP contribution in [0.1, 0.15) is 73.9 Å². The Bertz CT molecular complexity index is 2730. The van der Waals surface area contributed by atoms with E-state index in [0.29, 0.717) is 44.3 Å². The summed E-state index contributed by atoms with van der Waals surface area (Å²) in [4.78, 5) is 95.0. The fourth-order valence-electron chi connectivity index (χ4n) is 7.93. The van der Waals surface area contributed by atoms with Crippen LogP contribution in [-0.2, 0) is 47.6 Å². The van der Waals surface area contributed by atoms with Crippen LogP contribution in [0.5, 0.6) is 5.75 Å². The number of aromatic amines is 1. The van der Waals surface area contributed by atoms with Gasteiger partial charge in [-0.1, -0.05) is 24.3 Å². The van der Waals surface area contributed by atoms with Crippen LogP contribution in [-0.4, -0.2) is 103 Å². The van der Waals surface area contributed by atoms with Gasteiger partial charge in [0, 0.05) is 78.4 Å². The van der Waals surface area contributed by atoms with Crippen molar-refractivity contribution < 1.29 is 66.7 Å². The highest BCUT2D eigenvalue weighted by Crippen LogP contribution is 2.47. The van der Waals surface area contributed by atoms with Crippen LogP contribution in [0.4, 0.5) is 21.9 Å². The van der Waals surface area contributed by atoms with E-state index < -0.39 is 78.1 Å². The molecule has 7 rings (SSSR count). The van der Waals surface area contributed by atoms with Crippen molar-refractivity contribution in [2.45, 2.75) is 83.8 Å². The molecule has 66 heavy (non-hydrogen) atoms. The van der Waals surface area contributed by atoms with E-state index in [-0.39, 0.29) is 29.8 Å². The minimum absolute atomic E-state index is 0.127. The van der Waals surface area contributed by atoms with Crippen LogP contribution in [0.2, 0.25) is 0 Å². The first-order valence-electron chi connectivity index (χ1n) is 20.7. The largest absolute Gasteiger partial charge is 0.467 e. The number of methoxy groups -OCH3 is 1. The fourth-order valence-corrected chi connectivity index (χ4v) is 8.18. The highest BCUT2D eigenvalue weighted by Gasteiger charge is 2.56. The number of anilines is 3. The molecule has 1 aromatic heterocycles. The summed E-state index contributed by atoms with van der Waals surface area (Å²) in [7, 11) is 1.08. The van der Waals surface area contributed by atoms with Gasteiger partial charge in [-0.25, -0.2) is 9.59 Å². The molecule has 1 saturated heterocycles. The lowest BCUT2D eigenvalue weighted by molar-refractivity contribution is -0.282. The monoisotopic (exact) mass is 926 g/mol. The number of rotatable bonds is 11. The van der Waals surface area contributed by atoms with Crippen LogP contribution in [0.25, 0.3) is 21.7 Å². The molecule has 3 heterocycles. The summed E-state index contributed by atoms with van der Waals surface area (Å²) in [5.74, 6) is -4.38. The molecule has 0 bridgehead atoms. The van der Waals surface area contributed by atoms with E-state index in [2.05, 4.69) is 15.6 Å². The summed E-state index contributed by atoms with van der Waals surface area (Å²) in [6, 6.07) is 21.9. The SMILES string of the molecule is COC(=O)C1OC(Oc2cc3c(c4ccccc24)C(CCl)CN3C(=O)c2cc3cc(NC(=O)c4ccc(NC(=O)OC(C)(C)C)cc4)ccc3[nH]2)C(OC(C)=O)C(OC(C)=O)C1OC(C)=O. The third-order valence-electron chi connectivity index (χ3n) is 10.5. The molecular weight excluding hydrogens is 880 g/mol. The number of hydrogen-bond acceptors (Lipinski definition) is 14. The molecule has 18 nitrogen and oxygen atoms in total. The molecule has 0 saturated carbocycles. The van der Waals surface area contributed by atoms with E-state index >= 15 is 0 Å². The van der Waals surface area contributed by atoms with Crippen molar-refractivity contribution >= 4 is 92.1 Å². The van der Waals surface area contributed by atoms with Crippen LogP contribution in [0.15, 0.2) is 78.9 Å². The Morgan fingerprint density at radius 2 is 1.42 bits per heavy atom. The number of nitrogens with one attached hydrogen (secondary N) is 3. The molecule has 3 N–H and O–H groups in total. The van der Waals surface area contributed by atoms with Gasteiger partial charge >= 0.3 is 30.0 Å². The zero-order valence-corrected chi connectivity index (χ0v) is 37.7. The van der Waals surface area contributed by atoms with E-state index in [0.717, 1.165) is 33.4 Å². The topological polar surface area (TPSA) is 227 Å². The molecule has 19 heteroatoms. The smallest absolute Gasteiger partial charge is 0.412 e. The van der Waals surface area contributed by atoms with E-state index in [4.69, 9.17) is 44.8 Å². The van der Waals surface area contributed by atoms with E-state index in [1.165, 1.54) is 0 Å². The van der Waals surface area contributed by atoms with Gasteiger partial charge < -0.3 is 48.4 Å². The number of benzene rings is 4. The average molecular weight is 927 g/mol. The summed E-state index contributed by atoms with van der Waals surface area (Å²) in [5, 5.41) is 7.35. The summed E-state index contributed by atoms with van der Waals surface area (Å²) < 4.78 is 39.3. The first-order valence-corrected chi connectivity index (χ1v) is 21.3. The molecule has 3 amide bonds. The third kappa shape index (κ3) is 10.2. The summed E-state index contributed by atoms with van der Waals surface area (Å²) in [6.45, 7) is 8.72. The highest BCUT2D eigenvalue weighted by atomic mass is 35.5. The van der Waals surface area contributed by atoms with Gasteiger partial charge in [0.05, 0.1) is 12.8 Å². The van der Waals surface area contributed by atoms with Gasteiger partial charge in [-0.05, 0) is 80.3 Å². The lowest BCUT2D eigenvalue weighted by Gasteiger charge is -2.43. The predicted molar refractivity (Wildman–Crippen MR) is 240 cm³/mol. The molecule has 5 aromatic rings. The zero-order chi connectivity index (χ0) is 47.6. The van der Waals surface area contributed by atoms with E-state index in [1.807, 2.05) is 12.1 Å². The van der Waals surface area contributed by atoms with E-state index in [9.17, 15) is 33.6 Å². The number of amides is 3. The van der Waals surface area contributed by atoms with Crippen LogP contribution < -0.4 is 20.3 Å². The predicted octanol–water partition coefficient (Wildman–Crippen LogP) is 6.98. The van der Waals surface area contributed by atoms with Crippen LogP contribution in [0, 0.1) is 0 Å². The summed E-state index contributed by atoms with van der Waals surface area (Å²) in [6.07, 6.45) is -8.74. The molecule has 346 valence electrons. The van der Waals surface area contributed by atoms with Crippen molar-refractivity contribution in [2.24, 2.45) is 0 Å². The van der Waals surface area contributed by atoms with Crippen molar-refractivity contribution in [1.29, 1.82) is 0 Å².